The van der Waals surface area contributed by atoms with Crippen LogP contribution in [0.1, 0.15) is 33.6 Å². The van der Waals surface area contributed by atoms with Crippen LogP contribution in [-0.2, 0) is 12.8 Å². The molecule has 0 atom stereocenters. The minimum absolute atomic E-state index is 0.139. The first-order valence-corrected chi connectivity index (χ1v) is 6.31. The maximum Gasteiger partial charge on any atom is 0.243 e. The van der Waals surface area contributed by atoms with Crippen molar-refractivity contribution in [1.82, 2.24) is 9.97 Å². The average Bonchev–Trinajstić information content (AvgIpc) is 2.93. The minimum Gasteiger partial charge on any atom is -0.479 e. The predicted octanol–water partition coefficient (Wildman–Crippen LogP) is 2.20. The molecular weight excluding hydrogens is 240 g/mol. The summed E-state index contributed by atoms with van der Waals surface area (Å²) >= 11 is 0. The lowest BCUT2D eigenvalue weighted by atomic mass is 10.0. The summed E-state index contributed by atoms with van der Waals surface area (Å²) in [7, 11) is 1.49. The van der Waals surface area contributed by atoms with Gasteiger partial charge in [0.25, 0.3) is 0 Å². The Morgan fingerprint density at radius 2 is 1.95 bits per heavy atom. The van der Waals surface area contributed by atoms with Crippen LogP contribution in [0.3, 0.4) is 0 Å². The Morgan fingerprint density at radius 1 is 1.16 bits per heavy atom. The third-order valence-corrected chi connectivity index (χ3v) is 3.43. The van der Waals surface area contributed by atoms with Crippen molar-refractivity contribution in [2.24, 2.45) is 0 Å². The first kappa shape index (κ1) is 11.8. The number of methoxy groups -OCH3 is 1. The van der Waals surface area contributed by atoms with Gasteiger partial charge in [0.2, 0.25) is 11.7 Å². The van der Waals surface area contributed by atoms with Crippen molar-refractivity contribution < 1.29 is 9.53 Å². The first-order valence-electron chi connectivity index (χ1n) is 6.31. The number of aryl methyl sites for hydroxylation is 2. The third-order valence-electron chi connectivity index (χ3n) is 3.43. The molecule has 1 aromatic carbocycles. The number of carbonyl (C=O) groups excluding carboxylic acids is 1. The molecular formula is C15H14N2O2. The Hall–Kier alpha value is -2.23. The van der Waals surface area contributed by atoms with E-state index in [0.29, 0.717) is 5.56 Å². The van der Waals surface area contributed by atoms with Crippen LogP contribution >= 0.6 is 0 Å². The van der Waals surface area contributed by atoms with Gasteiger partial charge in [-0.2, -0.15) is 0 Å². The number of hydrogen-bond donors (Lipinski definition) is 0. The van der Waals surface area contributed by atoms with E-state index in [1.807, 2.05) is 18.2 Å². The highest BCUT2D eigenvalue weighted by Crippen LogP contribution is 2.24. The van der Waals surface area contributed by atoms with Crippen molar-refractivity contribution in [2.75, 3.05) is 7.11 Å². The molecule has 3 rings (SSSR count). The zero-order valence-electron chi connectivity index (χ0n) is 10.7. The van der Waals surface area contributed by atoms with Crippen LogP contribution in [0, 0.1) is 0 Å². The number of benzene rings is 1. The maximum atomic E-state index is 12.4. The van der Waals surface area contributed by atoms with Crippen molar-refractivity contribution >= 4 is 5.78 Å². The van der Waals surface area contributed by atoms with Crippen molar-refractivity contribution in [3.8, 4) is 5.88 Å². The number of hydrogen-bond acceptors (Lipinski definition) is 4. The second-order valence-electron chi connectivity index (χ2n) is 4.58. The molecule has 1 aromatic heterocycles. The largest absolute Gasteiger partial charge is 0.479 e. The quantitative estimate of drug-likeness (QED) is 0.788. The first-order chi connectivity index (χ1) is 9.29. The van der Waals surface area contributed by atoms with Crippen LogP contribution in [0.2, 0.25) is 0 Å². The fourth-order valence-corrected chi connectivity index (χ4v) is 2.48. The molecule has 0 aliphatic heterocycles. The molecule has 0 amide bonds. The SMILES string of the molecule is COc1nccnc1C(=O)c1ccc2c(c1)CCC2. The van der Waals surface area contributed by atoms with Crippen molar-refractivity contribution in [3.05, 3.63) is 53.0 Å². The van der Waals surface area contributed by atoms with Crippen LogP contribution in [0.4, 0.5) is 0 Å². The summed E-state index contributed by atoms with van der Waals surface area (Å²) in [5.74, 6) is 0.132. The molecule has 1 aliphatic rings. The van der Waals surface area contributed by atoms with Crippen LogP contribution in [0.15, 0.2) is 30.6 Å². The van der Waals surface area contributed by atoms with E-state index in [9.17, 15) is 4.79 Å². The average molecular weight is 254 g/mol. The van der Waals surface area contributed by atoms with Gasteiger partial charge in [0.05, 0.1) is 7.11 Å². The Balaban J connectivity index is 2.00. The van der Waals surface area contributed by atoms with Gasteiger partial charge < -0.3 is 4.74 Å². The summed E-state index contributed by atoms with van der Waals surface area (Å²) in [4.78, 5) is 20.5. The van der Waals surface area contributed by atoms with Gasteiger partial charge in [0.15, 0.2) is 5.69 Å². The zero-order chi connectivity index (χ0) is 13.2. The number of nitrogens with zero attached hydrogens (tertiary/aromatic N) is 2. The standard InChI is InChI=1S/C15H14N2O2/c1-19-15-13(16-7-8-17-15)14(18)12-6-5-10-3-2-4-11(10)9-12/h5-9H,2-4H2,1H3. The number of carbonyl (C=O) groups is 1. The van der Waals surface area contributed by atoms with Gasteiger partial charge >= 0.3 is 0 Å². The fourth-order valence-electron chi connectivity index (χ4n) is 2.48. The smallest absolute Gasteiger partial charge is 0.243 e. The lowest BCUT2D eigenvalue weighted by Gasteiger charge is -2.06. The van der Waals surface area contributed by atoms with Crippen LogP contribution in [0.5, 0.6) is 5.88 Å². The molecule has 0 spiro atoms. The molecule has 4 heteroatoms. The predicted molar refractivity (Wildman–Crippen MR) is 70.5 cm³/mol. The molecule has 4 nitrogen and oxygen atoms in total. The highest BCUT2D eigenvalue weighted by molar-refractivity contribution is 6.09. The molecule has 2 aromatic rings. The normalized spacial score (nSPS) is 13.1. The molecule has 0 N–H and O–H groups in total. The molecule has 1 heterocycles. The summed E-state index contributed by atoms with van der Waals surface area (Å²) in [6.07, 6.45) is 6.34. The topological polar surface area (TPSA) is 52.1 Å². The molecule has 0 saturated carbocycles. The fraction of sp³-hybridized carbons (Fsp3) is 0.267. The summed E-state index contributed by atoms with van der Waals surface area (Å²) in [5, 5.41) is 0. The summed E-state index contributed by atoms with van der Waals surface area (Å²) in [5.41, 5.74) is 3.54. The Morgan fingerprint density at radius 3 is 2.79 bits per heavy atom. The molecule has 0 radical (unpaired) electrons. The second kappa shape index (κ2) is 4.80. The number of fused-ring (bicyclic) bond motifs is 1. The summed E-state index contributed by atoms with van der Waals surface area (Å²) in [6, 6.07) is 5.87. The van der Waals surface area contributed by atoms with Gasteiger partial charge in [-0.05, 0) is 36.5 Å². The van der Waals surface area contributed by atoms with Gasteiger partial charge in [0, 0.05) is 18.0 Å². The van der Waals surface area contributed by atoms with E-state index in [-0.39, 0.29) is 17.4 Å². The van der Waals surface area contributed by atoms with Crippen LogP contribution < -0.4 is 4.74 Å². The molecule has 0 bridgehead atoms. The van der Waals surface area contributed by atoms with E-state index in [1.165, 1.54) is 37.1 Å². The van der Waals surface area contributed by atoms with E-state index in [0.717, 1.165) is 12.8 Å². The highest BCUT2D eigenvalue weighted by Gasteiger charge is 2.19. The molecule has 0 saturated heterocycles. The van der Waals surface area contributed by atoms with E-state index < -0.39 is 0 Å². The lowest BCUT2D eigenvalue weighted by Crippen LogP contribution is -2.08. The number of ketones is 1. The number of rotatable bonds is 3. The third kappa shape index (κ3) is 2.10. The Labute approximate surface area is 111 Å². The zero-order valence-corrected chi connectivity index (χ0v) is 10.7. The number of ether oxygens (including phenoxy) is 1. The Bertz CT molecular complexity index is 638. The molecule has 96 valence electrons. The molecule has 1 aliphatic carbocycles. The molecule has 0 fully saturated rings. The van der Waals surface area contributed by atoms with E-state index in [1.54, 1.807) is 0 Å². The second-order valence-corrected chi connectivity index (χ2v) is 4.58. The summed E-state index contributed by atoms with van der Waals surface area (Å²) < 4.78 is 5.09. The lowest BCUT2D eigenvalue weighted by molar-refractivity contribution is 0.103. The minimum atomic E-state index is -0.139. The monoisotopic (exact) mass is 254 g/mol. The molecule has 0 unspecified atom stereocenters. The summed E-state index contributed by atoms with van der Waals surface area (Å²) in [6.45, 7) is 0. The van der Waals surface area contributed by atoms with Gasteiger partial charge in [-0.1, -0.05) is 12.1 Å². The van der Waals surface area contributed by atoms with Gasteiger partial charge in [-0.3, -0.25) is 4.79 Å². The van der Waals surface area contributed by atoms with E-state index >= 15 is 0 Å². The van der Waals surface area contributed by atoms with Crippen molar-refractivity contribution in [3.63, 3.8) is 0 Å². The number of aromatic nitrogens is 2. The van der Waals surface area contributed by atoms with E-state index in [4.69, 9.17) is 4.74 Å². The maximum absolute atomic E-state index is 12.4. The van der Waals surface area contributed by atoms with E-state index in [2.05, 4.69) is 9.97 Å². The molecule has 19 heavy (non-hydrogen) atoms. The van der Waals surface area contributed by atoms with Crippen LogP contribution in [0.25, 0.3) is 0 Å². The van der Waals surface area contributed by atoms with Gasteiger partial charge in [-0.25, -0.2) is 9.97 Å². The highest BCUT2D eigenvalue weighted by atomic mass is 16.5. The Kier molecular flexibility index (Phi) is 2.99. The van der Waals surface area contributed by atoms with Crippen molar-refractivity contribution in [1.29, 1.82) is 0 Å². The van der Waals surface area contributed by atoms with Gasteiger partial charge in [0.1, 0.15) is 0 Å². The van der Waals surface area contributed by atoms with Crippen molar-refractivity contribution in [2.45, 2.75) is 19.3 Å². The van der Waals surface area contributed by atoms with Crippen LogP contribution in [-0.4, -0.2) is 22.9 Å². The van der Waals surface area contributed by atoms with Gasteiger partial charge in [-0.15, -0.1) is 0 Å².